The second kappa shape index (κ2) is 8.15. The lowest BCUT2D eigenvalue weighted by atomic mass is 9.90. The van der Waals surface area contributed by atoms with Gasteiger partial charge in [0.05, 0.1) is 17.0 Å². The van der Waals surface area contributed by atoms with Crippen LogP contribution in [0, 0.1) is 17.2 Å². The summed E-state index contributed by atoms with van der Waals surface area (Å²) >= 11 is 0. The Balaban J connectivity index is 1.60. The molecule has 0 heterocycles. The minimum Gasteiger partial charge on any atom is -0.490 e. The van der Waals surface area contributed by atoms with Crippen molar-refractivity contribution in [2.75, 3.05) is 6.61 Å². The van der Waals surface area contributed by atoms with Crippen molar-refractivity contribution >= 4 is 10.0 Å². The van der Waals surface area contributed by atoms with E-state index in [-0.39, 0.29) is 10.6 Å². The molecule has 0 radical (unpaired) electrons. The summed E-state index contributed by atoms with van der Waals surface area (Å²) in [6.07, 6.45) is 11.0. The van der Waals surface area contributed by atoms with E-state index in [1.165, 1.54) is 18.2 Å². The molecule has 156 valence electrons. The molecule has 3 rings (SSSR count). The smallest absolute Gasteiger partial charge is 0.241 e. The minimum atomic E-state index is -3.73. The van der Waals surface area contributed by atoms with Crippen LogP contribution in [0.1, 0.15) is 65.7 Å². The largest absolute Gasteiger partial charge is 0.490 e. The molecule has 1 aromatic carbocycles. The highest BCUT2D eigenvalue weighted by atomic mass is 32.2. The van der Waals surface area contributed by atoms with E-state index in [0.717, 1.165) is 44.9 Å². The van der Waals surface area contributed by atoms with Gasteiger partial charge in [-0.1, -0.05) is 32.9 Å². The zero-order chi connectivity index (χ0) is 20.4. The monoisotopic (exact) mass is 409 g/mol. The number of rotatable bonds is 10. The quantitative estimate of drug-likeness (QED) is 0.427. The molecule has 0 unspecified atom stereocenters. The maximum absolute atomic E-state index is 14.0. The van der Waals surface area contributed by atoms with Crippen molar-refractivity contribution < 1.29 is 17.5 Å². The fourth-order valence-electron chi connectivity index (χ4n) is 3.08. The van der Waals surface area contributed by atoms with Crippen molar-refractivity contribution in [2.24, 2.45) is 11.3 Å². The van der Waals surface area contributed by atoms with Crippen LogP contribution in [0.3, 0.4) is 0 Å². The third-order valence-corrected chi connectivity index (χ3v) is 6.79. The van der Waals surface area contributed by atoms with Crippen molar-refractivity contribution in [1.82, 2.24) is 4.72 Å². The van der Waals surface area contributed by atoms with Gasteiger partial charge in [-0.15, -0.1) is 0 Å². The molecule has 0 saturated heterocycles. The Labute approximate surface area is 168 Å². The Hall–Kier alpha value is -1.40. The van der Waals surface area contributed by atoms with Gasteiger partial charge in [0.15, 0.2) is 11.6 Å². The molecule has 0 aromatic heterocycles. The van der Waals surface area contributed by atoms with E-state index in [4.69, 9.17) is 4.74 Å². The number of unbranched alkanes of at least 4 members (excludes halogenated alkanes) is 1. The van der Waals surface area contributed by atoms with Crippen LogP contribution in [0.5, 0.6) is 5.75 Å². The second-order valence-electron chi connectivity index (χ2n) is 9.46. The van der Waals surface area contributed by atoms with Gasteiger partial charge in [0.2, 0.25) is 10.0 Å². The molecule has 4 nitrogen and oxygen atoms in total. The van der Waals surface area contributed by atoms with Gasteiger partial charge in [-0.2, -0.15) is 0 Å². The van der Waals surface area contributed by atoms with Crippen molar-refractivity contribution in [1.29, 1.82) is 0 Å². The molecule has 1 aromatic rings. The van der Waals surface area contributed by atoms with E-state index in [1.54, 1.807) is 0 Å². The van der Waals surface area contributed by atoms with Gasteiger partial charge >= 0.3 is 0 Å². The summed E-state index contributed by atoms with van der Waals surface area (Å²) in [7, 11) is -3.73. The maximum Gasteiger partial charge on any atom is 0.241 e. The summed E-state index contributed by atoms with van der Waals surface area (Å²) in [6, 6.07) is 3.76. The fraction of sp³-hybridized carbons (Fsp3) is 0.636. The van der Waals surface area contributed by atoms with Crippen molar-refractivity contribution in [3.63, 3.8) is 0 Å². The van der Waals surface area contributed by atoms with Crippen molar-refractivity contribution in [3.05, 3.63) is 36.2 Å². The number of benzene rings is 1. The van der Waals surface area contributed by atoms with Crippen LogP contribution in [0.15, 0.2) is 35.2 Å². The highest BCUT2D eigenvalue weighted by molar-refractivity contribution is 7.89. The summed E-state index contributed by atoms with van der Waals surface area (Å²) in [4.78, 5) is 0.0482. The van der Waals surface area contributed by atoms with Crippen LogP contribution in [-0.2, 0) is 10.0 Å². The number of sulfonamides is 1. The molecule has 0 atom stereocenters. The lowest BCUT2D eigenvalue weighted by Gasteiger charge is -2.17. The first-order chi connectivity index (χ1) is 13.1. The molecule has 0 amide bonds. The molecule has 2 fully saturated rings. The van der Waals surface area contributed by atoms with Crippen LogP contribution >= 0.6 is 0 Å². The third kappa shape index (κ3) is 6.31. The first-order valence-electron chi connectivity index (χ1n) is 10.2. The van der Waals surface area contributed by atoms with Crippen molar-refractivity contribution in [2.45, 2.75) is 76.2 Å². The topological polar surface area (TPSA) is 55.4 Å². The summed E-state index contributed by atoms with van der Waals surface area (Å²) < 4.78 is 47.8. The highest BCUT2D eigenvalue weighted by Gasteiger charge is 2.43. The molecular weight excluding hydrogens is 377 g/mol. The molecule has 28 heavy (non-hydrogen) atoms. The zero-order valence-corrected chi connectivity index (χ0v) is 17.9. The third-order valence-electron chi connectivity index (χ3n) is 5.25. The summed E-state index contributed by atoms with van der Waals surface area (Å²) in [5.74, 6) is -0.0484. The predicted molar refractivity (Wildman–Crippen MR) is 109 cm³/mol. The Bertz CT molecular complexity index is 819. The van der Waals surface area contributed by atoms with Gasteiger partial charge in [0.25, 0.3) is 0 Å². The standard InChI is InChI=1S/C22H32FNO3S/c1-21(2,3)11-5-4-6-12-22(13-14-22)24-28(25,26)18-9-10-19(23)20(15-18)27-16-17-7-8-17/h6,9-10,12,15,17,24H,4-5,7-8,11,13-14,16H2,1-3H3/b12-6+. The Kier molecular flexibility index (Phi) is 6.20. The van der Waals surface area contributed by atoms with E-state index in [9.17, 15) is 12.8 Å². The highest BCUT2D eigenvalue weighted by Crippen LogP contribution is 2.39. The van der Waals surface area contributed by atoms with Crippen LogP contribution in [0.4, 0.5) is 4.39 Å². The molecule has 2 aliphatic rings. The summed E-state index contributed by atoms with van der Waals surface area (Å²) in [5, 5.41) is 0. The van der Waals surface area contributed by atoms with Gasteiger partial charge in [0.1, 0.15) is 0 Å². The SMILES string of the molecule is CC(C)(C)CCC/C=C/C1(NS(=O)(=O)c2ccc(F)c(OCC3CC3)c2)CC1. The average molecular weight is 410 g/mol. The van der Waals surface area contributed by atoms with Crippen LogP contribution in [0.2, 0.25) is 0 Å². The van der Waals surface area contributed by atoms with E-state index in [2.05, 4.69) is 31.6 Å². The van der Waals surface area contributed by atoms with Gasteiger partial charge in [-0.05, 0) is 68.4 Å². The lowest BCUT2D eigenvalue weighted by Crippen LogP contribution is -2.35. The zero-order valence-electron chi connectivity index (χ0n) is 17.1. The predicted octanol–water partition coefficient (Wildman–Crippen LogP) is 5.20. The van der Waals surface area contributed by atoms with Gasteiger partial charge < -0.3 is 4.74 Å². The van der Waals surface area contributed by atoms with E-state index < -0.39 is 21.4 Å². The van der Waals surface area contributed by atoms with Crippen LogP contribution in [0.25, 0.3) is 0 Å². The van der Waals surface area contributed by atoms with E-state index in [1.807, 2.05) is 6.08 Å². The van der Waals surface area contributed by atoms with E-state index in [0.29, 0.717) is 17.9 Å². The number of halogens is 1. The summed E-state index contributed by atoms with van der Waals surface area (Å²) in [5.41, 5.74) is -0.182. The minimum absolute atomic E-state index is 0.0114. The van der Waals surface area contributed by atoms with Crippen LogP contribution < -0.4 is 9.46 Å². The number of hydrogen-bond acceptors (Lipinski definition) is 3. The molecule has 2 aliphatic carbocycles. The number of hydrogen-bond donors (Lipinski definition) is 1. The number of allylic oxidation sites excluding steroid dienone is 1. The Morgan fingerprint density at radius 3 is 2.61 bits per heavy atom. The molecule has 0 bridgehead atoms. The summed E-state index contributed by atoms with van der Waals surface area (Å²) in [6.45, 7) is 7.10. The average Bonchev–Trinajstić information content (AvgIpc) is 3.50. The van der Waals surface area contributed by atoms with Gasteiger partial charge in [-0.25, -0.2) is 17.5 Å². The Morgan fingerprint density at radius 2 is 2.00 bits per heavy atom. The molecule has 0 aliphatic heterocycles. The number of ether oxygens (including phenoxy) is 1. The van der Waals surface area contributed by atoms with Gasteiger partial charge in [-0.3, -0.25) is 0 Å². The van der Waals surface area contributed by atoms with Crippen LogP contribution in [-0.4, -0.2) is 20.6 Å². The lowest BCUT2D eigenvalue weighted by molar-refractivity contribution is 0.284. The molecule has 1 N–H and O–H groups in total. The van der Waals surface area contributed by atoms with Crippen molar-refractivity contribution in [3.8, 4) is 5.75 Å². The molecular formula is C22H32FNO3S. The second-order valence-corrected chi connectivity index (χ2v) is 11.1. The molecule has 6 heteroatoms. The maximum atomic E-state index is 14.0. The first kappa shape index (κ1) is 21.3. The first-order valence-corrected chi connectivity index (χ1v) is 11.7. The molecule has 0 spiro atoms. The fourth-order valence-corrected chi connectivity index (χ4v) is 4.51. The van der Waals surface area contributed by atoms with E-state index >= 15 is 0 Å². The van der Waals surface area contributed by atoms with Gasteiger partial charge in [0, 0.05) is 6.07 Å². The normalized spacial score (nSPS) is 19.1. The Morgan fingerprint density at radius 1 is 1.29 bits per heavy atom. The molecule has 2 saturated carbocycles. The number of nitrogens with one attached hydrogen (secondary N) is 1.